The Labute approximate surface area is 113 Å². The summed E-state index contributed by atoms with van der Waals surface area (Å²) in [7, 11) is 0. The molecule has 0 radical (unpaired) electrons. The molecule has 1 aromatic rings. The van der Waals surface area contributed by atoms with Gasteiger partial charge in [-0.05, 0) is 0 Å². The summed E-state index contributed by atoms with van der Waals surface area (Å²) in [6, 6.07) is 8.91. The van der Waals surface area contributed by atoms with E-state index in [4.69, 9.17) is 0 Å². The van der Waals surface area contributed by atoms with E-state index in [-0.39, 0.29) is 0 Å². The first kappa shape index (κ1) is 13.9. The molecule has 16 heavy (non-hydrogen) atoms. The van der Waals surface area contributed by atoms with E-state index >= 15 is 0 Å². The SMILES string of the molecule is C=[CH][Sb]([CH]=C)[c]1cc[c]([Sb]([CH]=C)[CH]=C)cc1. The van der Waals surface area contributed by atoms with Crippen molar-refractivity contribution in [2.45, 2.75) is 0 Å². The Morgan fingerprint density at radius 2 is 0.875 bits per heavy atom. The van der Waals surface area contributed by atoms with E-state index in [1.54, 1.807) is 0 Å². The summed E-state index contributed by atoms with van der Waals surface area (Å²) in [6.45, 7) is 15.5. The van der Waals surface area contributed by atoms with E-state index in [1.807, 2.05) is 0 Å². The zero-order valence-corrected chi connectivity index (χ0v) is 14.4. The van der Waals surface area contributed by atoms with Crippen molar-refractivity contribution < 1.29 is 0 Å². The van der Waals surface area contributed by atoms with Crippen LogP contribution in [0.1, 0.15) is 0 Å². The van der Waals surface area contributed by atoms with Gasteiger partial charge in [0, 0.05) is 0 Å². The second kappa shape index (κ2) is 7.20. The predicted molar refractivity (Wildman–Crippen MR) is 78.0 cm³/mol. The molecule has 2 heteroatoms. The average Bonchev–Trinajstić information content (AvgIpc) is 2.34. The van der Waals surface area contributed by atoms with Crippen LogP contribution < -0.4 is 7.02 Å². The molecule has 0 fully saturated rings. The summed E-state index contributed by atoms with van der Waals surface area (Å²) in [5.74, 6) is 0. The molecule has 0 aliphatic heterocycles. The van der Waals surface area contributed by atoms with Crippen molar-refractivity contribution >= 4 is 47.4 Å². The van der Waals surface area contributed by atoms with Gasteiger partial charge in [-0.3, -0.25) is 0 Å². The zero-order chi connectivity index (χ0) is 12.0. The van der Waals surface area contributed by atoms with Gasteiger partial charge in [-0.25, -0.2) is 0 Å². The van der Waals surface area contributed by atoms with Gasteiger partial charge in [0.05, 0.1) is 0 Å². The molecule has 0 aliphatic carbocycles. The zero-order valence-electron chi connectivity index (χ0n) is 9.34. The van der Waals surface area contributed by atoms with Crippen molar-refractivity contribution in [3.05, 3.63) is 66.7 Å². The van der Waals surface area contributed by atoms with Gasteiger partial charge < -0.3 is 0 Å². The van der Waals surface area contributed by atoms with Gasteiger partial charge in [0.1, 0.15) is 0 Å². The molecule has 0 aromatic heterocycles. The van der Waals surface area contributed by atoms with Crippen LogP contribution in [0, 0.1) is 0 Å². The van der Waals surface area contributed by atoms with Crippen molar-refractivity contribution in [2.24, 2.45) is 0 Å². The molecule has 1 rings (SSSR count). The molecule has 0 heterocycles. The molecule has 0 amide bonds. The van der Waals surface area contributed by atoms with Crippen LogP contribution in [0.2, 0.25) is 0 Å². The summed E-state index contributed by atoms with van der Waals surface area (Å²) < 4.78 is 11.2. The Kier molecular flexibility index (Phi) is 6.25. The molecule has 82 valence electrons. The summed E-state index contributed by atoms with van der Waals surface area (Å²) in [6.07, 6.45) is 0. The molecule has 0 atom stereocenters. The van der Waals surface area contributed by atoms with Gasteiger partial charge >= 0.3 is 114 Å². The molecule has 0 aliphatic rings. The predicted octanol–water partition coefficient (Wildman–Crippen LogP) is 1.99. The fourth-order valence-corrected chi connectivity index (χ4v) is 7.44. The summed E-state index contributed by atoms with van der Waals surface area (Å²) >= 11 is -3.12. The van der Waals surface area contributed by atoms with Gasteiger partial charge in [-0.15, -0.1) is 0 Å². The van der Waals surface area contributed by atoms with Crippen LogP contribution in [0.5, 0.6) is 0 Å². The molecular formula is C14H16Sb2. The van der Waals surface area contributed by atoms with Crippen LogP contribution in [0.4, 0.5) is 0 Å². The van der Waals surface area contributed by atoms with Gasteiger partial charge in [0.15, 0.2) is 0 Å². The minimum absolute atomic E-state index is 1.42. The molecule has 0 N–H and O–H groups in total. The van der Waals surface area contributed by atoms with Crippen molar-refractivity contribution in [3.63, 3.8) is 0 Å². The molecule has 0 nitrogen and oxygen atoms in total. The van der Waals surface area contributed by atoms with Gasteiger partial charge in [-0.2, -0.15) is 0 Å². The first-order chi connectivity index (χ1) is 7.76. The standard InChI is InChI=1S/C6H4.4C2H3.2Sb/c1-2-4-6-5-3-1;4*1-2;;/h1-2,5-6H;4*1H,2H2;;. The number of rotatable bonds is 6. The second-order valence-electron chi connectivity index (χ2n) is 3.06. The number of benzene rings is 1. The van der Waals surface area contributed by atoms with E-state index < -0.39 is 40.4 Å². The molecule has 1 aromatic carbocycles. The Morgan fingerprint density at radius 1 is 0.625 bits per heavy atom. The molecule has 0 spiro atoms. The third-order valence-electron chi connectivity index (χ3n) is 2.23. The quantitative estimate of drug-likeness (QED) is 0.609. The van der Waals surface area contributed by atoms with Crippen molar-refractivity contribution in [1.82, 2.24) is 0 Å². The van der Waals surface area contributed by atoms with Crippen LogP contribution in [0.3, 0.4) is 0 Å². The first-order valence-corrected chi connectivity index (χ1v) is 13.4. The second-order valence-corrected chi connectivity index (χ2v) is 14.8. The molecule has 0 unspecified atom stereocenters. The maximum absolute atomic E-state index is 3.89. The van der Waals surface area contributed by atoms with E-state index in [2.05, 4.69) is 66.7 Å². The van der Waals surface area contributed by atoms with Gasteiger partial charge in [0.25, 0.3) is 0 Å². The monoisotopic (exact) mass is 426 g/mol. The van der Waals surface area contributed by atoms with Crippen molar-refractivity contribution in [2.75, 3.05) is 0 Å². The molecule has 0 saturated carbocycles. The number of hydrogen-bond acceptors (Lipinski definition) is 0. The normalized spacial score (nSPS) is 10.1. The van der Waals surface area contributed by atoms with Gasteiger partial charge in [0.2, 0.25) is 0 Å². The van der Waals surface area contributed by atoms with E-state index in [0.717, 1.165) is 0 Å². The van der Waals surface area contributed by atoms with Gasteiger partial charge in [-0.1, -0.05) is 0 Å². The van der Waals surface area contributed by atoms with Crippen LogP contribution in [0.15, 0.2) is 66.7 Å². The average molecular weight is 428 g/mol. The first-order valence-electron chi connectivity index (χ1n) is 4.93. The Bertz CT molecular complexity index is 335. The van der Waals surface area contributed by atoms with Crippen LogP contribution in [0.25, 0.3) is 0 Å². The van der Waals surface area contributed by atoms with E-state index in [0.29, 0.717) is 0 Å². The fraction of sp³-hybridized carbons (Fsp3) is 0. The molecular weight excluding hydrogens is 412 g/mol. The number of hydrogen-bond donors (Lipinski definition) is 0. The Hall–Kier alpha value is -0.184. The van der Waals surface area contributed by atoms with E-state index in [1.165, 1.54) is 7.02 Å². The third-order valence-corrected chi connectivity index (χ3v) is 11.8. The van der Waals surface area contributed by atoms with Crippen molar-refractivity contribution in [3.8, 4) is 0 Å². The Morgan fingerprint density at radius 3 is 1.06 bits per heavy atom. The van der Waals surface area contributed by atoms with Crippen molar-refractivity contribution in [1.29, 1.82) is 0 Å². The topological polar surface area (TPSA) is 0 Å². The minimum atomic E-state index is -1.56. The van der Waals surface area contributed by atoms with Crippen LogP contribution in [-0.2, 0) is 0 Å². The third kappa shape index (κ3) is 3.41. The molecule has 0 bridgehead atoms. The van der Waals surface area contributed by atoms with E-state index in [9.17, 15) is 0 Å². The maximum atomic E-state index is 3.89. The van der Waals surface area contributed by atoms with Crippen LogP contribution >= 0.6 is 0 Å². The Balaban J connectivity index is 2.97. The fourth-order valence-electron chi connectivity index (χ4n) is 1.37. The van der Waals surface area contributed by atoms with Crippen LogP contribution in [-0.4, -0.2) is 40.4 Å². The summed E-state index contributed by atoms with van der Waals surface area (Å²) in [4.78, 5) is 0. The molecule has 0 saturated heterocycles. The summed E-state index contributed by atoms with van der Waals surface area (Å²) in [5, 5.41) is 0. The summed E-state index contributed by atoms with van der Waals surface area (Å²) in [5.41, 5.74) is 0.